The SMILES string of the molecule is CCC(C(=O)NC(C)c1ccc2c(c1)OCCO2)N(c1ccccc1)S(C)(=O)=O. The van der Waals surface area contributed by atoms with E-state index < -0.39 is 16.1 Å². The summed E-state index contributed by atoms with van der Waals surface area (Å²) in [5.74, 6) is 0.963. The van der Waals surface area contributed by atoms with Crippen molar-refractivity contribution in [2.45, 2.75) is 32.4 Å². The van der Waals surface area contributed by atoms with Gasteiger partial charge in [-0.2, -0.15) is 0 Å². The summed E-state index contributed by atoms with van der Waals surface area (Å²) in [6, 6.07) is 13.0. The van der Waals surface area contributed by atoms with Crippen LogP contribution in [0.4, 0.5) is 5.69 Å². The van der Waals surface area contributed by atoms with Gasteiger partial charge in [-0.1, -0.05) is 31.2 Å². The lowest BCUT2D eigenvalue weighted by Gasteiger charge is -2.31. The summed E-state index contributed by atoms with van der Waals surface area (Å²) < 4.78 is 37.2. The molecule has 0 saturated heterocycles. The summed E-state index contributed by atoms with van der Waals surface area (Å²) >= 11 is 0. The third-order valence-corrected chi connectivity index (χ3v) is 5.95. The number of amides is 1. The zero-order chi connectivity index (χ0) is 21.0. The molecule has 2 aromatic rings. The number of carbonyl (C=O) groups is 1. The number of sulfonamides is 1. The van der Waals surface area contributed by atoms with Crippen molar-refractivity contribution in [1.29, 1.82) is 0 Å². The highest BCUT2D eigenvalue weighted by molar-refractivity contribution is 7.92. The van der Waals surface area contributed by atoms with Crippen LogP contribution in [0.15, 0.2) is 48.5 Å². The summed E-state index contributed by atoms with van der Waals surface area (Å²) in [4.78, 5) is 13.0. The number of carbonyl (C=O) groups excluding carboxylic acids is 1. The fourth-order valence-electron chi connectivity index (χ4n) is 3.36. The van der Waals surface area contributed by atoms with Crippen molar-refractivity contribution in [3.63, 3.8) is 0 Å². The molecule has 0 aliphatic carbocycles. The molecule has 1 heterocycles. The quantitative estimate of drug-likeness (QED) is 0.747. The van der Waals surface area contributed by atoms with E-state index in [1.54, 1.807) is 37.3 Å². The Morgan fingerprint density at radius 3 is 2.38 bits per heavy atom. The van der Waals surface area contributed by atoms with Gasteiger partial charge in [0.2, 0.25) is 15.9 Å². The molecule has 2 unspecified atom stereocenters. The highest BCUT2D eigenvalue weighted by Crippen LogP contribution is 2.32. The van der Waals surface area contributed by atoms with E-state index in [0.29, 0.717) is 36.8 Å². The zero-order valence-corrected chi connectivity index (χ0v) is 17.6. The van der Waals surface area contributed by atoms with Gasteiger partial charge >= 0.3 is 0 Å². The lowest BCUT2D eigenvalue weighted by molar-refractivity contribution is -0.122. The molecule has 7 nitrogen and oxygen atoms in total. The maximum Gasteiger partial charge on any atom is 0.244 e. The molecular formula is C21H26N2O5S. The van der Waals surface area contributed by atoms with Gasteiger partial charge in [0.1, 0.15) is 19.3 Å². The number of anilines is 1. The smallest absolute Gasteiger partial charge is 0.244 e. The highest BCUT2D eigenvalue weighted by atomic mass is 32.2. The fraction of sp³-hybridized carbons (Fsp3) is 0.381. The van der Waals surface area contributed by atoms with E-state index in [-0.39, 0.29) is 11.9 Å². The van der Waals surface area contributed by atoms with E-state index in [4.69, 9.17) is 9.47 Å². The molecule has 3 rings (SSSR count). The van der Waals surface area contributed by atoms with Crippen LogP contribution in [-0.2, 0) is 14.8 Å². The van der Waals surface area contributed by atoms with Gasteiger partial charge in [0.15, 0.2) is 11.5 Å². The van der Waals surface area contributed by atoms with Crippen molar-refractivity contribution in [1.82, 2.24) is 5.32 Å². The van der Waals surface area contributed by atoms with Crippen LogP contribution in [0.5, 0.6) is 11.5 Å². The monoisotopic (exact) mass is 418 g/mol. The number of benzene rings is 2. The number of para-hydroxylation sites is 1. The van der Waals surface area contributed by atoms with E-state index in [0.717, 1.165) is 11.8 Å². The van der Waals surface area contributed by atoms with E-state index in [2.05, 4.69) is 5.32 Å². The molecule has 8 heteroatoms. The minimum Gasteiger partial charge on any atom is -0.486 e. The molecule has 0 fully saturated rings. The number of ether oxygens (including phenoxy) is 2. The maximum absolute atomic E-state index is 13.0. The molecule has 1 aliphatic rings. The summed E-state index contributed by atoms with van der Waals surface area (Å²) in [5, 5.41) is 2.93. The lowest BCUT2D eigenvalue weighted by atomic mass is 10.1. The standard InChI is InChI=1S/C21H26N2O5S/c1-4-18(23(29(3,25)26)17-8-6-5-7-9-17)21(24)22-15(2)16-10-11-19-20(14-16)28-13-12-27-19/h5-11,14-15,18H,4,12-13H2,1-3H3,(H,22,24). The van der Waals surface area contributed by atoms with E-state index in [1.165, 1.54) is 4.31 Å². The Labute approximate surface area is 171 Å². The molecular weight excluding hydrogens is 392 g/mol. The predicted octanol–water partition coefficient (Wildman–Crippen LogP) is 2.88. The predicted molar refractivity (Wildman–Crippen MR) is 112 cm³/mol. The van der Waals surface area contributed by atoms with Crippen LogP contribution in [0.2, 0.25) is 0 Å². The van der Waals surface area contributed by atoms with Crippen LogP contribution in [-0.4, -0.2) is 39.8 Å². The first-order chi connectivity index (χ1) is 13.8. The molecule has 2 atom stereocenters. The Morgan fingerprint density at radius 1 is 1.10 bits per heavy atom. The van der Waals surface area contributed by atoms with Crippen LogP contribution in [0.1, 0.15) is 31.9 Å². The van der Waals surface area contributed by atoms with Crippen LogP contribution in [0, 0.1) is 0 Å². The molecule has 0 spiro atoms. The van der Waals surface area contributed by atoms with Crippen molar-refractivity contribution < 1.29 is 22.7 Å². The normalized spacial score (nSPS) is 15.3. The summed E-state index contributed by atoms with van der Waals surface area (Å²) in [6.45, 7) is 4.64. The van der Waals surface area contributed by atoms with Gasteiger partial charge in [0.25, 0.3) is 0 Å². The van der Waals surface area contributed by atoms with Crippen molar-refractivity contribution >= 4 is 21.6 Å². The second kappa shape index (κ2) is 8.73. The fourth-order valence-corrected chi connectivity index (χ4v) is 4.57. The second-order valence-corrected chi connectivity index (χ2v) is 8.81. The molecule has 0 saturated carbocycles. The van der Waals surface area contributed by atoms with Gasteiger partial charge in [0.05, 0.1) is 18.0 Å². The summed E-state index contributed by atoms with van der Waals surface area (Å²) in [6.07, 6.45) is 1.45. The first-order valence-corrected chi connectivity index (χ1v) is 11.4. The van der Waals surface area contributed by atoms with Crippen LogP contribution < -0.4 is 19.1 Å². The number of nitrogens with zero attached hydrogens (tertiary/aromatic N) is 1. The average Bonchev–Trinajstić information content (AvgIpc) is 2.71. The molecule has 0 aromatic heterocycles. The second-order valence-electron chi connectivity index (χ2n) is 6.95. The minimum atomic E-state index is -3.65. The first-order valence-electron chi connectivity index (χ1n) is 9.55. The lowest BCUT2D eigenvalue weighted by Crippen LogP contribution is -2.49. The van der Waals surface area contributed by atoms with E-state index >= 15 is 0 Å². The van der Waals surface area contributed by atoms with Gasteiger partial charge in [-0.15, -0.1) is 0 Å². The Balaban J connectivity index is 1.81. The van der Waals surface area contributed by atoms with E-state index in [9.17, 15) is 13.2 Å². The van der Waals surface area contributed by atoms with Gasteiger partial charge in [-0.3, -0.25) is 9.10 Å². The van der Waals surface area contributed by atoms with Crippen LogP contribution in [0.3, 0.4) is 0 Å². The van der Waals surface area contributed by atoms with Gasteiger partial charge < -0.3 is 14.8 Å². The molecule has 1 aliphatic heterocycles. The minimum absolute atomic E-state index is 0.329. The van der Waals surface area contributed by atoms with Crippen molar-refractivity contribution in [3.05, 3.63) is 54.1 Å². The molecule has 1 amide bonds. The average molecular weight is 419 g/mol. The molecule has 2 aromatic carbocycles. The summed E-state index contributed by atoms with van der Waals surface area (Å²) in [5.41, 5.74) is 1.31. The largest absolute Gasteiger partial charge is 0.486 e. The number of hydrogen-bond acceptors (Lipinski definition) is 5. The summed E-state index contributed by atoms with van der Waals surface area (Å²) in [7, 11) is -3.65. The molecule has 156 valence electrons. The Bertz CT molecular complexity index is 962. The number of rotatable bonds is 7. The number of fused-ring (bicyclic) bond motifs is 1. The Morgan fingerprint density at radius 2 is 1.76 bits per heavy atom. The van der Waals surface area contributed by atoms with Gasteiger partial charge in [0, 0.05) is 0 Å². The van der Waals surface area contributed by atoms with Gasteiger partial charge in [-0.25, -0.2) is 8.42 Å². The highest BCUT2D eigenvalue weighted by Gasteiger charge is 2.32. The molecule has 29 heavy (non-hydrogen) atoms. The maximum atomic E-state index is 13.0. The van der Waals surface area contributed by atoms with Crippen LogP contribution >= 0.6 is 0 Å². The Hall–Kier alpha value is -2.74. The Kier molecular flexibility index (Phi) is 6.32. The van der Waals surface area contributed by atoms with Crippen molar-refractivity contribution in [3.8, 4) is 11.5 Å². The first kappa shape index (κ1) is 21.0. The van der Waals surface area contributed by atoms with Crippen molar-refractivity contribution in [2.24, 2.45) is 0 Å². The van der Waals surface area contributed by atoms with Crippen molar-refractivity contribution in [2.75, 3.05) is 23.8 Å². The van der Waals surface area contributed by atoms with Gasteiger partial charge in [-0.05, 0) is 43.2 Å². The van der Waals surface area contributed by atoms with E-state index in [1.807, 2.05) is 25.1 Å². The molecule has 1 N–H and O–H groups in total. The molecule has 0 bridgehead atoms. The zero-order valence-electron chi connectivity index (χ0n) is 16.8. The molecule has 0 radical (unpaired) electrons. The number of hydrogen-bond donors (Lipinski definition) is 1. The third-order valence-electron chi connectivity index (χ3n) is 4.77. The topological polar surface area (TPSA) is 84.9 Å². The third kappa shape index (κ3) is 4.82. The number of nitrogens with one attached hydrogen (secondary N) is 1. The van der Waals surface area contributed by atoms with Crippen LogP contribution in [0.25, 0.3) is 0 Å².